The van der Waals surface area contributed by atoms with Crippen LogP contribution in [0.3, 0.4) is 0 Å². The van der Waals surface area contributed by atoms with Gasteiger partial charge < -0.3 is 14.8 Å². The lowest BCUT2D eigenvalue weighted by Crippen LogP contribution is -2.17. The standard InChI is InChI=1S/C15H19NO3/c1-18-14-7-6-11(8-15(14)19-2)10-16-12-4-3-5-13(17)9-12/h6-9,16H,3-5,10H2,1-2H3. The zero-order valence-electron chi connectivity index (χ0n) is 11.4. The SMILES string of the molecule is COc1ccc(CNC2=CC(=O)CCC2)cc1OC. The van der Waals surface area contributed by atoms with Crippen molar-refractivity contribution in [3.05, 3.63) is 35.5 Å². The highest BCUT2D eigenvalue weighted by atomic mass is 16.5. The molecule has 1 N–H and O–H groups in total. The van der Waals surface area contributed by atoms with Crippen molar-refractivity contribution in [3.8, 4) is 11.5 Å². The molecule has 0 bridgehead atoms. The highest BCUT2D eigenvalue weighted by molar-refractivity contribution is 5.91. The maximum absolute atomic E-state index is 11.3. The lowest BCUT2D eigenvalue weighted by Gasteiger charge is -2.15. The predicted molar refractivity (Wildman–Crippen MR) is 73.3 cm³/mol. The number of allylic oxidation sites excluding steroid dienone is 2. The summed E-state index contributed by atoms with van der Waals surface area (Å²) in [7, 11) is 3.24. The van der Waals surface area contributed by atoms with Gasteiger partial charge in [0.25, 0.3) is 0 Å². The van der Waals surface area contributed by atoms with Gasteiger partial charge in [0.05, 0.1) is 14.2 Å². The van der Waals surface area contributed by atoms with E-state index in [9.17, 15) is 4.79 Å². The highest BCUT2D eigenvalue weighted by Crippen LogP contribution is 2.27. The predicted octanol–water partition coefficient (Wildman–Crippen LogP) is 2.43. The Morgan fingerprint density at radius 1 is 1.16 bits per heavy atom. The van der Waals surface area contributed by atoms with Gasteiger partial charge in [-0.2, -0.15) is 0 Å². The van der Waals surface area contributed by atoms with E-state index >= 15 is 0 Å². The van der Waals surface area contributed by atoms with Crippen molar-refractivity contribution in [1.82, 2.24) is 5.32 Å². The van der Waals surface area contributed by atoms with E-state index < -0.39 is 0 Å². The van der Waals surface area contributed by atoms with Gasteiger partial charge in [-0.05, 0) is 30.5 Å². The average Bonchev–Trinajstić information content (AvgIpc) is 2.45. The number of ketones is 1. The first-order chi connectivity index (χ1) is 9.22. The van der Waals surface area contributed by atoms with Crippen LogP contribution in [0.1, 0.15) is 24.8 Å². The minimum absolute atomic E-state index is 0.209. The summed E-state index contributed by atoms with van der Waals surface area (Å²) in [6.07, 6.45) is 4.26. The Hall–Kier alpha value is -1.97. The second-order valence-corrected chi connectivity index (χ2v) is 4.53. The number of carbonyl (C=O) groups is 1. The second-order valence-electron chi connectivity index (χ2n) is 4.53. The molecule has 0 saturated carbocycles. The first-order valence-electron chi connectivity index (χ1n) is 6.41. The van der Waals surface area contributed by atoms with E-state index in [2.05, 4.69) is 5.32 Å². The molecule has 0 spiro atoms. The summed E-state index contributed by atoms with van der Waals surface area (Å²) < 4.78 is 10.5. The van der Waals surface area contributed by atoms with Gasteiger partial charge in [0.1, 0.15) is 0 Å². The molecule has 0 aliphatic heterocycles. The number of nitrogens with one attached hydrogen (secondary N) is 1. The Morgan fingerprint density at radius 3 is 2.63 bits per heavy atom. The Balaban J connectivity index is 2.01. The number of carbonyl (C=O) groups excluding carboxylic acids is 1. The van der Waals surface area contributed by atoms with Crippen LogP contribution in [0.15, 0.2) is 30.0 Å². The largest absolute Gasteiger partial charge is 0.493 e. The fraction of sp³-hybridized carbons (Fsp3) is 0.400. The van der Waals surface area contributed by atoms with Gasteiger partial charge in [-0.25, -0.2) is 0 Å². The molecule has 0 saturated heterocycles. The van der Waals surface area contributed by atoms with E-state index in [-0.39, 0.29) is 5.78 Å². The Kier molecular flexibility index (Phi) is 4.44. The van der Waals surface area contributed by atoms with Crippen LogP contribution in [-0.4, -0.2) is 20.0 Å². The van der Waals surface area contributed by atoms with Crippen molar-refractivity contribution in [1.29, 1.82) is 0 Å². The van der Waals surface area contributed by atoms with E-state index in [0.717, 1.165) is 35.6 Å². The molecule has 102 valence electrons. The summed E-state index contributed by atoms with van der Waals surface area (Å²) in [5.41, 5.74) is 2.11. The molecule has 19 heavy (non-hydrogen) atoms. The molecular formula is C15H19NO3. The Morgan fingerprint density at radius 2 is 1.95 bits per heavy atom. The fourth-order valence-corrected chi connectivity index (χ4v) is 2.14. The molecule has 1 aliphatic carbocycles. The number of ether oxygens (including phenoxy) is 2. The molecule has 4 nitrogen and oxygen atoms in total. The number of hydrogen-bond donors (Lipinski definition) is 1. The van der Waals surface area contributed by atoms with Crippen LogP contribution in [-0.2, 0) is 11.3 Å². The molecule has 2 rings (SSSR count). The van der Waals surface area contributed by atoms with E-state index in [0.29, 0.717) is 13.0 Å². The normalized spacial score (nSPS) is 14.8. The third kappa shape index (κ3) is 3.50. The second kappa shape index (κ2) is 6.27. The summed E-state index contributed by atoms with van der Waals surface area (Å²) >= 11 is 0. The van der Waals surface area contributed by atoms with E-state index in [1.54, 1.807) is 20.3 Å². The van der Waals surface area contributed by atoms with Crippen molar-refractivity contribution < 1.29 is 14.3 Å². The van der Waals surface area contributed by atoms with Gasteiger partial charge in [0.15, 0.2) is 17.3 Å². The maximum atomic E-state index is 11.3. The molecule has 0 fully saturated rings. The molecule has 1 aromatic rings. The monoisotopic (exact) mass is 261 g/mol. The summed E-state index contributed by atoms with van der Waals surface area (Å²) in [6.45, 7) is 0.680. The fourth-order valence-electron chi connectivity index (χ4n) is 2.14. The lowest BCUT2D eigenvalue weighted by atomic mass is 10.0. The number of methoxy groups -OCH3 is 2. The van der Waals surface area contributed by atoms with Gasteiger partial charge >= 0.3 is 0 Å². The highest BCUT2D eigenvalue weighted by Gasteiger charge is 2.10. The van der Waals surface area contributed by atoms with Gasteiger partial charge in [0.2, 0.25) is 0 Å². The van der Waals surface area contributed by atoms with Crippen LogP contribution in [0, 0.1) is 0 Å². The molecule has 1 aromatic carbocycles. The summed E-state index contributed by atoms with van der Waals surface area (Å²) in [4.78, 5) is 11.3. The quantitative estimate of drug-likeness (QED) is 0.884. The lowest BCUT2D eigenvalue weighted by molar-refractivity contribution is -0.115. The molecule has 1 aliphatic rings. The van der Waals surface area contributed by atoms with Gasteiger partial charge in [-0.1, -0.05) is 6.07 Å². The van der Waals surface area contributed by atoms with Crippen LogP contribution in [0.2, 0.25) is 0 Å². The van der Waals surface area contributed by atoms with Crippen LogP contribution in [0.5, 0.6) is 11.5 Å². The summed E-state index contributed by atoms with van der Waals surface area (Å²) in [6, 6.07) is 5.81. The maximum Gasteiger partial charge on any atom is 0.161 e. The first kappa shape index (κ1) is 13.5. The molecule has 0 atom stereocenters. The topological polar surface area (TPSA) is 47.6 Å². The minimum atomic E-state index is 0.209. The van der Waals surface area contributed by atoms with Gasteiger partial charge in [0, 0.05) is 24.7 Å². The van der Waals surface area contributed by atoms with Gasteiger partial charge in [-0.15, -0.1) is 0 Å². The van der Waals surface area contributed by atoms with E-state index in [4.69, 9.17) is 9.47 Å². The number of benzene rings is 1. The Labute approximate surface area is 113 Å². The number of rotatable bonds is 5. The zero-order valence-corrected chi connectivity index (χ0v) is 11.4. The molecule has 0 radical (unpaired) electrons. The van der Waals surface area contributed by atoms with Crippen LogP contribution >= 0.6 is 0 Å². The van der Waals surface area contributed by atoms with Crippen molar-refractivity contribution in [2.75, 3.05) is 14.2 Å². The van der Waals surface area contributed by atoms with Crippen molar-refractivity contribution in [2.45, 2.75) is 25.8 Å². The van der Waals surface area contributed by atoms with Crippen LogP contribution < -0.4 is 14.8 Å². The smallest absolute Gasteiger partial charge is 0.161 e. The van der Waals surface area contributed by atoms with Crippen LogP contribution in [0.25, 0.3) is 0 Å². The molecule has 4 heteroatoms. The number of hydrogen-bond acceptors (Lipinski definition) is 4. The van der Waals surface area contributed by atoms with E-state index in [1.165, 1.54) is 0 Å². The molecule has 0 amide bonds. The van der Waals surface area contributed by atoms with Crippen LogP contribution in [0.4, 0.5) is 0 Å². The van der Waals surface area contributed by atoms with E-state index in [1.807, 2.05) is 18.2 Å². The third-order valence-electron chi connectivity index (χ3n) is 3.17. The molecular weight excluding hydrogens is 242 g/mol. The van der Waals surface area contributed by atoms with Gasteiger partial charge in [-0.3, -0.25) is 4.79 Å². The summed E-state index contributed by atoms with van der Waals surface area (Å²) in [5, 5.41) is 3.30. The first-order valence-corrected chi connectivity index (χ1v) is 6.41. The summed E-state index contributed by atoms with van der Waals surface area (Å²) in [5.74, 6) is 1.65. The zero-order chi connectivity index (χ0) is 13.7. The minimum Gasteiger partial charge on any atom is -0.493 e. The molecule has 0 unspecified atom stereocenters. The van der Waals surface area contributed by atoms with Crippen molar-refractivity contribution in [3.63, 3.8) is 0 Å². The Bertz CT molecular complexity index is 494. The van der Waals surface area contributed by atoms with Crippen molar-refractivity contribution >= 4 is 5.78 Å². The van der Waals surface area contributed by atoms with Crippen molar-refractivity contribution in [2.24, 2.45) is 0 Å². The third-order valence-corrected chi connectivity index (χ3v) is 3.17. The molecule has 0 heterocycles. The average molecular weight is 261 g/mol. The molecule has 0 aromatic heterocycles.